The molecule has 2 aromatic carbocycles. The standard InChI is InChI=1S/C28H23F3N6O3/c1-4-21(38)36-18-8-5-15(6-9-18)24-22(23-25(37(24)2)17(12-32)13-34-26(23)33)16-7-10-19(20(11-16)40-3)27(39)35-14-28(29,30)31/h4-11,13H,1,14H2,2-3H3,(H2,33,34)(H,35,39)(H,36,38)/i2D3. The first-order valence-electron chi connectivity index (χ1n) is 13.0. The van der Waals surface area contributed by atoms with Crippen LogP contribution in [-0.4, -0.2) is 41.2 Å². The summed E-state index contributed by atoms with van der Waals surface area (Å²) in [6.07, 6.45) is -2.41. The number of aryl methyl sites for hydroxylation is 1. The van der Waals surface area contributed by atoms with Crippen molar-refractivity contribution in [2.24, 2.45) is 6.98 Å². The highest BCUT2D eigenvalue weighted by molar-refractivity contribution is 6.11. The number of amides is 2. The van der Waals surface area contributed by atoms with Crippen LogP contribution in [0.4, 0.5) is 24.7 Å². The van der Waals surface area contributed by atoms with Gasteiger partial charge in [-0.15, -0.1) is 0 Å². The van der Waals surface area contributed by atoms with Gasteiger partial charge in [0.05, 0.1) is 34.8 Å². The van der Waals surface area contributed by atoms with E-state index in [9.17, 15) is 28.0 Å². The Morgan fingerprint density at radius 3 is 2.55 bits per heavy atom. The number of ether oxygens (including phenoxy) is 1. The molecule has 4 rings (SSSR count). The van der Waals surface area contributed by atoms with Crippen molar-refractivity contribution in [1.82, 2.24) is 14.9 Å². The van der Waals surface area contributed by atoms with Gasteiger partial charge in [-0.25, -0.2) is 4.98 Å². The highest BCUT2D eigenvalue weighted by atomic mass is 19.4. The summed E-state index contributed by atoms with van der Waals surface area (Å²) in [7, 11) is 1.21. The predicted molar refractivity (Wildman–Crippen MR) is 144 cm³/mol. The lowest BCUT2D eigenvalue weighted by atomic mass is 9.96. The van der Waals surface area contributed by atoms with Crippen LogP contribution in [0.3, 0.4) is 0 Å². The van der Waals surface area contributed by atoms with Crippen molar-refractivity contribution in [3.63, 3.8) is 0 Å². The molecule has 0 aliphatic heterocycles. The van der Waals surface area contributed by atoms with Crippen molar-refractivity contribution in [1.29, 1.82) is 5.26 Å². The van der Waals surface area contributed by atoms with Gasteiger partial charge in [-0.05, 0) is 41.5 Å². The highest BCUT2D eigenvalue weighted by Gasteiger charge is 2.29. The number of pyridine rings is 1. The van der Waals surface area contributed by atoms with E-state index in [1.54, 1.807) is 17.4 Å². The summed E-state index contributed by atoms with van der Waals surface area (Å²) in [5.74, 6) is -1.72. The molecule has 0 saturated carbocycles. The van der Waals surface area contributed by atoms with Gasteiger partial charge in [0.2, 0.25) is 5.91 Å². The smallest absolute Gasteiger partial charge is 0.405 e. The predicted octanol–water partition coefficient (Wildman–Crippen LogP) is 4.79. The van der Waals surface area contributed by atoms with Gasteiger partial charge in [-0.2, -0.15) is 18.4 Å². The van der Waals surface area contributed by atoms with Crippen molar-refractivity contribution in [2.75, 3.05) is 24.7 Å². The first-order chi connectivity index (χ1) is 20.2. The second kappa shape index (κ2) is 10.8. The topological polar surface area (TPSA) is 135 Å². The number of alkyl halides is 3. The number of nitrogens with zero attached hydrogens (tertiary/aromatic N) is 3. The molecule has 0 aliphatic rings. The first kappa shape index (κ1) is 23.8. The number of nitriles is 1. The molecule has 2 amide bonds. The summed E-state index contributed by atoms with van der Waals surface area (Å²) in [6.45, 7) is -1.01. The zero-order valence-electron chi connectivity index (χ0n) is 23.9. The lowest BCUT2D eigenvalue weighted by Gasteiger charge is -2.14. The maximum atomic E-state index is 12.7. The molecule has 2 aromatic heterocycles. The van der Waals surface area contributed by atoms with Gasteiger partial charge in [0.25, 0.3) is 5.91 Å². The van der Waals surface area contributed by atoms with Crippen LogP contribution in [0, 0.1) is 11.3 Å². The number of fused-ring (bicyclic) bond motifs is 1. The molecule has 0 aliphatic carbocycles. The van der Waals surface area contributed by atoms with Gasteiger partial charge in [0.15, 0.2) is 0 Å². The van der Waals surface area contributed by atoms with Crippen LogP contribution in [0.25, 0.3) is 33.3 Å². The molecule has 0 bridgehead atoms. The van der Waals surface area contributed by atoms with Crippen molar-refractivity contribution in [2.45, 2.75) is 6.18 Å². The summed E-state index contributed by atoms with van der Waals surface area (Å²) in [4.78, 5) is 28.4. The molecular weight excluding hydrogens is 525 g/mol. The quantitative estimate of drug-likeness (QED) is 0.283. The fraction of sp³-hybridized carbons (Fsp3) is 0.143. The number of nitrogens with two attached hydrogens (primary N) is 1. The highest BCUT2D eigenvalue weighted by Crippen LogP contribution is 2.44. The van der Waals surface area contributed by atoms with E-state index < -0.39 is 31.5 Å². The number of aromatic nitrogens is 2. The SMILES string of the molecule is [2H]C([2H])([2H])n1c(-c2ccc(NC(=O)C=C)cc2)c(-c2ccc(C(=O)NCC(F)(F)F)c(OC)c2)c2c(N)ncc(C#N)c21. The third kappa shape index (κ3) is 5.30. The Morgan fingerprint density at radius 2 is 1.95 bits per heavy atom. The van der Waals surface area contributed by atoms with Crippen LogP contribution in [0.1, 0.15) is 20.0 Å². The van der Waals surface area contributed by atoms with Crippen LogP contribution in [0.2, 0.25) is 0 Å². The number of nitrogen functional groups attached to an aromatic ring is 1. The van der Waals surface area contributed by atoms with Gasteiger partial charge in [0.1, 0.15) is 24.2 Å². The zero-order chi connectivity index (χ0) is 31.7. The largest absolute Gasteiger partial charge is 0.496 e. The summed E-state index contributed by atoms with van der Waals surface area (Å²) in [6, 6.07) is 12.1. The fourth-order valence-electron chi connectivity index (χ4n) is 4.19. The van der Waals surface area contributed by atoms with E-state index in [0.29, 0.717) is 11.3 Å². The summed E-state index contributed by atoms with van der Waals surface area (Å²) in [5.41, 5.74) is 7.23. The normalized spacial score (nSPS) is 12.5. The molecule has 40 heavy (non-hydrogen) atoms. The molecule has 0 radical (unpaired) electrons. The number of carbonyl (C=O) groups is 2. The monoisotopic (exact) mass is 551 g/mol. The van der Waals surface area contributed by atoms with E-state index in [1.165, 1.54) is 37.4 Å². The van der Waals surface area contributed by atoms with Gasteiger partial charge >= 0.3 is 6.18 Å². The Hall–Kier alpha value is -5.31. The summed E-state index contributed by atoms with van der Waals surface area (Å²) in [5, 5.41) is 14.4. The summed E-state index contributed by atoms with van der Waals surface area (Å²) < 4.78 is 69.5. The molecule has 9 nitrogen and oxygen atoms in total. The maximum Gasteiger partial charge on any atom is 0.405 e. The second-order valence-electron chi connectivity index (χ2n) is 8.44. The number of hydrogen-bond donors (Lipinski definition) is 3. The number of benzene rings is 2. The Morgan fingerprint density at radius 1 is 1.25 bits per heavy atom. The fourth-order valence-corrected chi connectivity index (χ4v) is 4.19. The van der Waals surface area contributed by atoms with Crippen LogP contribution >= 0.6 is 0 Å². The lowest BCUT2D eigenvalue weighted by Crippen LogP contribution is -2.33. The lowest BCUT2D eigenvalue weighted by molar-refractivity contribution is -0.123. The Balaban J connectivity index is 2.04. The van der Waals surface area contributed by atoms with E-state index in [1.807, 2.05) is 6.07 Å². The minimum atomic E-state index is -4.64. The summed E-state index contributed by atoms with van der Waals surface area (Å²) >= 11 is 0. The number of hydrogen-bond acceptors (Lipinski definition) is 6. The van der Waals surface area contributed by atoms with Crippen LogP contribution < -0.4 is 21.1 Å². The molecule has 0 unspecified atom stereocenters. The van der Waals surface area contributed by atoms with Gasteiger partial charge in [0, 0.05) is 28.5 Å². The third-order valence-electron chi connectivity index (χ3n) is 5.93. The zero-order valence-corrected chi connectivity index (χ0v) is 20.9. The van der Waals surface area contributed by atoms with Crippen LogP contribution in [-0.2, 0) is 11.8 Å². The first-order valence-corrected chi connectivity index (χ1v) is 11.5. The second-order valence-corrected chi connectivity index (χ2v) is 8.44. The number of halogens is 3. The van der Waals surface area contributed by atoms with E-state index in [2.05, 4.69) is 16.9 Å². The molecule has 4 N–H and O–H groups in total. The van der Waals surface area contributed by atoms with Crippen molar-refractivity contribution >= 4 is 34.2 Å². The van der Waals surface area contributed by atoms with Crippen LogP contribution in [0.15, 0.2) is 61.3 Å². The molecule has 0 saturated heterocycles. The molecule has 204 valence electrons. The van der Waals surface area contributed by atoms with Gasteiger partial charge < -0.3 is 25.7 Å². The molecule has 0 spiro atoms. The number of carbonyl (C=O) groups excluding carboxylic acids is 2. The average molecular weight is 552 g/mol. The number of rotatable bonds is 7. The molecule has 0 fully saturated rings. The third-order valence-corrected chi connectivity index (χ3v) is 5.93. The van der Waals surface area contributed by atoms with Crippen molar-refractivity contribution in [3.05, 3.63) is 72.4 Å². The number of anilines is 2. The van der Waals surface area contributed by atoms with Crippen LogP contribution in [0.5, 0.6) is 5.75 Å². The molecular formula is C28H23F3N6O3. The maximum absolute atomic E-state index is 12.7. The van der Waals surface area contributed by atoms with E-state index >= 15 is 0 Å². The van der Waals surface area contributed by atoms with Gasteiger partial charge in [-0.3, -0.25) is 9.59 Å². The van der Waals surface area contributed by atoms with Crippen molar-refractivity contribution < 1.29 is 31.6 Å². The Labute approximate surface area is 230 Å². The average Bonchev–Trinajstić information content (AvgIpc) is 3.33. The minimum Gasteiger partial charge on any atom is -0.496 e. The molecule has 0 atom stereocenters. The van der Waals surface area contributed by atoms with E-state index in [0.717, 1.165) is 16.8 Å². The molecule has 2 heterocycles. The Kier molecular flexibility index (Phi) is 6.43. The van der Waals surface area contributed by atoms with Crippen molar-refractivity contribution in [3.8, 4) is 34.2 Å². The van der Waals surface area contributed by atoms with Gasteiger partial charge in [-0.1, -0.05) is 24.8 Å². The Bertz CT molecular complexity index is 1790. The molecule has 12 heteroatoms. The van der Waals surface area contributed by atoms with E-state index in [-0.39, 0.29) is 50.4 Å². The number of nitrogens with one attached hydrogen (secondary N) is 2. The molecule has 4 aromatic rings. The van der Waals surface area contributed by atoms with E-state index in [4.69, 9.17) is 14.6 Å². The number of methoxy groups -OCH3 is 1. The minimum absolute atomic E-state index is 0.0324.